The standard InChI is InChI=1S/C24H49Cl.C5H10/c1-2-3-4-5-6-7-8-9-10-11-12-13-14-15-16-17-18-19-20-21-22-23-24-25;1-2-4-5-3-1/h2-24H2,1H3;1-5H2. The lowest BCUT2D eigenvalue weighted by atomic mass is 10.0. The molecule has 0 atom stereocenters. The Bertz CT molecular complexity index is 242. The molecule has 0 heterocycles. The zero-order valence-electron chi connectivity index (χ0n) is 21.2. The van der Waals surface area contributed by atoms with Gasteiger partial charge in [-0.1, -0.05) is 174 Å². The molecule has 0 unspecified atom stereocenters. The maximum atomic E-state index is 5.69. The van der Waals surface area contributed by atoms with E-state index in [2.05, 4.69) is 6.92 Å². The first kappa shape index (κ1) is 30.3. The lowest BCUT2D eigenvalue weighted by molar-refractivity contribution is 0.520. The molecule has 0 bridgehead atoms. The Hall–Kier alpha value is 0.290. The third-order valence-electron chi connectivity index (χ3n) is 6.74. The van der Waals surface area contributed by atoms with Gasteiger partial charge in [-0.05, 0) is 6.42 Å². The van der Waals surface area contributed by atoms with Crippen molar-refractivity contribution in [1.29, 1.82) is 0 Å². The van der Waals surface area contributed by atoms with Crippen molar-refractivity contribution in [2.45, 2.75) is 180 Å². The van der Waals surface area contributed by atoms with Crippen molar-refractivity contribution < 1.29 is 0 Å². The molecule has 1 fully saturated rings. The Labute approximate surface area is 197 Å². The molecule has 0 saturated heterocycles. The molecule has 182 valence electrons. The van der Waals surface area contributed by atoms with E-state index in [4.69, 9.17) is 11.6 Å². The van der Waals surface area contributed by atoms with Crippen molar-refractivity contribution in [1.82, 2.24) is 0 Å². The van der Waals surface area contributed by atoms with Gasteiger partial charge in [0.15, 0.2) is 0 Å². The van der Waals surface area contributed by atoms with Crippen LogP contribution in [-0.2, 0) is 0 Å². The van der Waals surface area contributed by atoms with Crippen LogP contribution >= 0.6 is 11.6 Å². The largest absolute Gasteiger partial charge is 0.127 e. The fourth-order valence-corrected chi connectivity index (χ4v) is 4.78. The Balaban J connectivity index is 0.00000145. The van der Waals surface area contributed by atoms with Gasteiger partial charge in [0.1, 0.15) is 0 Å². The minimum atomic E-state index is 0.846. The van der Waals surface area contributed by atoms with Crippen molar-refractivity contribution >= 4 is 11.6 Å². The number of hydrogen-bond acceptors (Lipinski definition) is 0. The second-order valence-corrected chi connectivity index (χ2v) is 10.3. The van der Waals surface area contributed by atoms with Crippen LogP contribution < -0.4 is 0 Å². The van der Waals surface area contributed by atoms with Gasteiger partial charge in [-0.2, -0.15) is 0 Å². The lowest BCUT2D eigenvalue weighted by Crippen LogP contribution is -1.84. The van der Waals surface area contributed by atoms with E-state index in [9.17, 15) is 0 Å². The van der Waals surface area contributed by atoms with E-state index < -0.39 is 0 Å². The molecule has 0 aliphatic heterocycles. The molecular weight excluding hydrogens is 384 g/mol. The van der Waals surface area contributed by atoms with E-state index in [-0.39, 0.29) is 0 Å². The monoisotopic (exact) mass is 442 g/mol. The van der Waals surface area contributed by atoms with Crippen LogP contribution in [0.2, 0.25) is 0 Å². The summed E-state index contributed by atoms with van der Waals surface area (Å²) in [5.41, 5.74) is 0. The smallest absolute Gasteiger partial charge is 0.0223 e. The quantitative estimate of drug-likeness (QED) is 0.115. The molecule has 1 aliphatic rings. The van der Waals surface area contributed by atoms with Gasteiger partial charge in [-0.15, -0.1) is 11.6 Å². The Kier molecular flexibility index (Phi) is 29.6. The maximum Gasteiger partial charge on any atom is 0.0223 e. The zero-order valence-corrected chi connectivity index (χ0v) is 21.9. The van der Waals surface area contributed by atoms with E-state index in [1.54, 1.807) is 0 Å². The molecule has 0 nitrogen and oxygen atoms in total. The maximum absolute atomic E-state index is 5.69. The summed E-state index contributed by atoms with van der Waals surface area (Å²) < 4.78 is 0. The molecular formula is C29H59Cl. The Morgan fingerprint density at radius 3 is 0.733 bits per heavy atom. The van der Waals surface area contributed by atoms with Crippen LogP contribution in [0.3, 0.4) is 0 Å². The van der Waals surface area contributed by atoms with Crippen molar-refractivity contribution in [3.63, 3.8) is 0 Å². The van der Waals surface area contributed by atoms with E-state index in [0.29, 0.717) is 0 Å². The third-order valence-corrected chi connectivity index (χ3v) is 7.00. The summed E-state index contributed by atoms with van der Waals surface area (Å²) in [6.45, 7) is 2.30. The summed E-state index contributed by atoms with van der Waals surface area (Å²) in [4.78, 5) is 0. The van der Waals surface area contributed by atoms with Gasteiger partial charge in [0, 0.05) is 5.88 Å². The second-order valence-electron chi connectivity index (χ2n) is 9.88. The van der Waals surface area contributed by atoms with Crippen LogP contribution in [-0.4, -0.2) is 5.88 Å². The van der Waals surface area contributed by atoms with Crippen LogP contribution in [0.25, 0.3) is 0 Å². The number of rotatable bonds is 22. The zero-order chi connectivity index (χ0) is 21.8. The Morgan fingerprint density at radius 1 is 0.333 bits per heavy atom. The van der Waals surface area contributed by atoms with Crippen LogP contribution in [0.1, 0.15) is 180 Å². The average Bonchev–Trinajstić information content (AvgIpc) is 3.35. The SMILES string of the molecule is C1CCCC1.CCCCCCCCCCCCCCCCCCCCCCCCCl. The molecule has 30 heavy (non-hydrogen) atoms. The third kappa shape index (κ3) is 28.3. The van der Waals surface area contributed by atoms with Crippen LogP contribution in [0.4, 0.5) is 0 Å². The predicted molar refractivity (Wildman–Crippen MR) is 141 cm³/mol. The number of hydrogen-bond donors (Lipinski definition) is 0. The molecule has 1 rings (SSSR count). The molecule has 1 saturated carbocycles. The van der Waals surface area contributed by atoms with Crippen molar-refractivity contribution in [2.24, 2.45) is 0 Å². The highest BCUT2D eigenvalue weighted by Crippen LogP contribution is 2.16. The Morgan fingerprint density at radius 2 is 0.533 bits per heavy atom. The minimum absolute atomic E-state index is 0.846. The molecule has 0 spiro atoms. The molecule has 0 N–H and O–H groups in total. The van der Waals surface area contributed by atoms with Gasteiger partial charge in [0.05, 0.1) is 0 Å². The average molecular weight is 443 g/mol. The molecule has 1 heteroatoms. The lowest BCUT2D eigenvalue weighted by Gasteiger charge is -2.04. The number of alkyl halides is 1. The normalized spacial score (nSPS) is 13.4. The molecule has 0 aromatic carbocycles. The first-order valence-corrected chi connectivity index (χ1v) is 15.0. The topological polar surface area (TPSA) is 0 Å². The predicted octanol–water partition coefficient (Wildman–Crippen LogP) is 11.8. The molecule has 0 radical (unpaired) electrons. The first-order valence-electron chi connectivity index (χ1n) is 14.5. The first-order chi connectivity index (χ1) is 14.9. The second kappa shape index (κ2) is 29.3. The van der Waals surface area contributed by atoms with E-state index in [1.165, 1.54) is 173 Å². The van der Waals surface area contributed by atoms with Gasteiger partial charge >= 0.3 is 0 Å². The fourth-order valence-electron chi connectivity index (χ4n) is 4.59. The van der Waals surface area contributed by atoms with Gasteiger partial charge < -0.3 is 0 Å². The van der Waals surface area contributed by atoms with Crippen molar-refractivity contribution in [3.05, 3.63) is 0 Å². The number of halogens is 1. The van der Waals surface area contributed by atoms with Crippen LogP contribution in [0, 0.1) is 0 Å². The highest BCUT2D eigenvalue weighted by atomic mass is 35.5. The van der Waals surface area contributed by atoms with E-state index >= 15 is 0 Å². The summed E-state index contributed by atoms with van der Waals surface area (Å²) in [6, 6.07) is 0. The molecule has 0 aromatic rings. The van der Waals surface area contributed by atoms with Gasteiger partial charge in [0.25, 0.3) is 0 Å². The van der Waals surface area contributed by atoms with E-state index in [0.717, 1.165) is 5.88 Å². The van der Waals surface area contributed by atoms with Gasteiger partial charge in [-0.25, -0.2) is 0 Å². The molecule has 0 aromatic heterocycles. The van der Waals surface area contributed by atoms with Gasteiger partial charge in [0.2, 0.25) is 0 Å². The summed E-state index contributed by atoms with van der Waals surface area (Å²) in [5.74, 6) is 0.846. The van der Waals surface area contributed by atoms with Crippen LogP contribution in [0.5, 0.6) is 0 Å². The minimum Gasteiger partial charge on any atom is -0.127 e. The van der Waals surface area contributed by atoms with Crippen molar-refractivity contribution in [2.75, 3.05) is 5.88 Å². The summed E-state index contributed by atoms with van der Waals surface area (Å²) in [5, 5.41) is 0. The summed E-state index contributed by atoms with van der Waals surface area (Å²) in [7, 11) is 0. The van der Waals surface area contributed by atoms with E-state index in [1.807, 2.05) is 0 Å². The fraction of sp³-hybridized carbons (Fsp3) is 1.00. The van der Waals surface area contributed by atoms with Crippen LogP contribution in [0.15, 0.2) is 0 Å². The molecule has 1 aliphatic carbocycles. The number of unbranched alkanes of at least 4 members (excludes halogenated alkanes) is 21. The summed E-state index contributed by atoms with van der Waals surface area (Å²) in [6.07, 6.45) is 39.3. The summed E-state index contributed by atoms with van der Waals surface area (Å²) >= 11 is 5.69. The molecule has 0 amide bonds. The highest BCUT2D eigenvalue weighted by Gasteiger charge is 1.96. The van der Waals surface area contributed by atoms with Crippen molar-refractivity contribution in [3.8, 4) is 0 Å². The highest BCUT2D eigenvalue weighted by molar-refractivity contribution is 6.17. The van der Waals surface area contributed by atoms with Gasteiger partial charge in [-0.3, -0.25) is 0 Å².